The first kappa shape index (κ1) is 20.5. The number of nitrogens with zero attached hydrogens (tertiary/aromatic N) is 3. The summed E-state index contributed by atoms with van der Waals surface area (Å²) in [5.41, 5.74) is 7.66. The van der Waals surface area contributed by atoms with Crippen LogP contribution in [0.4, 0.5) is 5.69 Å². The Morgan fingerprint density at radius 2 is 2.34 bits per heavy atom. The second kappa shape index (κ2) is 8.95. The zero-order chi connectivity index (χ0) is 20.4. The third-order valence-electron chi connectivity index (χ3n) is 5.78. The number of carbonyl (C=O) groups is 1. The zero-order valence-corrected chi connectivity index (χ0v) is 18.1. The molecule has 0 saturated carbocycles. The van der Waals surface area contributed by atoms with Crippen molar-refractivity contribution in [2.45, 2.75) is 45.7 Å². The molecule has 0 unspecified atom stereocenters. The number of nitrogens with two attached hydrogens (primary N) is 1. The fourth-order valence-electron chi connectivity index (χ4n) is 4.28. The fraction of sp³-hybridized carbons (Fsp3) is 0.619. The maximum atomic E-state index is 13.0. The van der Waals surface area contributed by atoms with Crippen molar-refractivity contribution < 1.29 is 9.63 Å². The maximum absolute atomic E-state index is 13.0. The standard InChI is InChI=1S/C21H31N5O2S/c1-3-6-26(28-4-2)21(27)14-8-19-18(24-20(22)9-14)10-16(29-19)13-25-7-5-17-15(12-25)11-23-17/h8,10,15,17,23H,3-7,9,11-13H2,1-2H3,(H2,22,24)/t15-,17+/m0/s1. The average Bonchev–Trinajstić information content (AvgIpc) is 2.95. The van der Waals surface area contributed by atoms with Gasteiger partial charge in [0.2, 0.25) is 0 Å². The number of amidine groups is 1. The molecule has 3 aliphatic heterocycles. The zero-order valence-electron chi connectivity index (χ0n) is 17.3. The minimum atomic E-state index is -0.116. The van der Waals surface area contributed by atoms with Crippen molar-refractivity contribution in [3.8, 4) is 0 Å². The second-order valence-corrected chi connectivity index (χ2v) is 9.20. The van der Waals surface area contributed by atoms with Crippen molar-refractivity contribution in [3.05, 3.63) is 21.4 Å². The van der Waals surface area contributed by atoms with Crippen molar-refractivity contribution in [2.75, 3.05) is 32.8 Å². The molecule has 29 heavy (non-hydrogen) atoms. The molecule has 1 aromatic heterocycles. The SMILES string of the molecule is CCCN(OCC)C(=O)C1=Cc2sc(CN3CC[C@H]4NC[C@H]4C3)cc2N=C(N)C1. The van der Waals surface area contributed by atoms with Gasteiger partial charge in [-0.05, 0) is 37.8 Å². The first-order chi connectivity index (χ1) is 14.1. The number of carbonyl (C=O) groups excluding carboxylic acids is 1. The normalized spacial score (nSPS) is 23.9. The lowest BCUT2D eigenvalue weighted by Gasteiger charge is -2.46. The average molecular weight is 418 g/mol. The van der Waals surface area contributed by atoms with Crippen LogP contribution in [0, 0.1) is 5.92 Å². The molecule has 0 radical (unpaired) electrons. The molecule has 1 aromatic rings. The summed E-state index contributed by atoms with van der Waals surface area (Å²) in [5, 5.41) is 4.97. The van der Waals surface area contributed by atoms with Crippen LogP contribution >= 0.6 is 11.3 Å². The van der Waals surface area contributed by atoms with E-state index in [2.05, 4.69) is 21.3 Å². The van der Waals surface area contributed by atoms with Crippen LogP contribution in [0.25, 0.3) is 6.08 Å². The summed E-state index contributed by atoms with van der Waals surface area (Å²) in [4.78, 5) is 28.0. The lowest BCUT2D eigenvalue weighted by Crippen LogP contribution is -2.61. The molecular formula is C21H31N5O2S. The highest BCUT2D eigenvalue weighted by Gasteiger charge is 2.35. The van der Waals surface area contributed by atoms with Gasteiger partial charge in [0.05, 0.1) is 17.2 Å². The quantitative estimate of drug-likeness (QED) is 0.666. The molecule has 2 saturated heterocycles. The smallest absolute Gasteiger partial charge is 0.273 e. The van der Waals surface area contributed by atoms with Crippen LogP contribution in [0.1, 0.15) is 42.9 Å². The predicted molar refractivity (Wildman–Crippen MR) is 117 cm³/mol. The Hall–Kier alpha value is -1.74. The van der Waals surface area contributed by atoms with Crippen LogP contribution < -0.4 is 11.1 Å². The van der Waals surface area contributed by atoms with Gasteiger partial charge in [0.15, 0.2) is 0 Å². The van der Waals surface area contributed by atoms with Gasteiger partial charge in [-0.25, -0.2) is 10.1 Å². The number of fused-ring (bicyclic) bond motifs is 2. The van der Waals surface area contributed by atoms with E-state index in [1.165, 1.54) is 16.4 Å². The van der Waals surface area contributed by atoms with Crippen LogP contribution in [-0.2, 0) is 16.2 Å². The number of hydroxylamine groups is 2. The highest BCUT2D eigenvalue weighted by molar-refractivity contribution is 7.13. The van der Waals surface area contributed by atoms with Crippen molar-refractivity contribution in [2.24, 2.45) is 16.6 Å². The summed E-state index contributed by atoms with van der Waals surface area (Å²) in [5.74, 6) is 1.15. The third-order valence-corrected chi connectivity index (χ3v) is 6.84. The van der Waals surface area contributed by atoms with Gasteiger partial charge in [0.25, 0.3) is 5.91 Å². The van der Waals surface area contributed by atoms with Crippen molar-refractivity contribution >= 4 is 34.8 Å². The molecule has 0 aliphatic carbocycles. The van der Waals surface area contributed by atoms with Crippen LogP contribution in [0.15, 0.2) is 16.6 Å². The molecule has 8 heteroatoms. The van der Waals surface area contributed by atoms with Gasteiger partial charge >= 0.3 is 0 Å². The molecule has 2 fully saturated rings. The number of rotatable bonds is 7. The van der Waals surface area contributed by atoms with E-state index in [0.717, 1.165) is 55.1 Å². The lowest BCUT2D eigenvalue weighted by atomic mass is 9.85. The summed E-state index contributed by atoms with van der Waals surface area (Å²) < 4.78 is 0. The van der Waals surface area contributed by atoms with Crippen LogP contribution in [0.2, 0.25) is 0 Å². The molecule has 0 bridgehead atoms. The second-order valence-electron chi connectivity index (χ2n) is 8.04. The summed E-state index contributed by atoms with van der Waals surface area (Å²) in [6.45, 7) is 9.31. The molecule has 3 N–H and O–H groups in total. The molecule has 4 rings (SSSR count). The van der Waals surface area contributed by atoms with Crippen molar-refractivity contribution in [1.29, 1.82) is 0 Å². The Balaban J connectivity index is 1.51. The van der Waals surface area contributed by atoms with Gasteiger partial charge in [-0.2, -0.15) is 0 Å². The summed E-state index contributed by atoms with van der Waals surface area (Å²) in [6.07, 6.45) is 4.37. The van der Waals surface area contributed by atoms with E-state index in [1.807, 2.05) is 19.9 Å². The number of thiophene rings is 1. The van der Waals surface area contributed by atoms with Gasteiger partial charge in [0, 0.05) is 55.6 Å². The van der Waals surface area contributed by atoms with Gasteiger partial charge in [-0.1, -0.05) is 6.92 Å². The van der Waals surface area contributed by atoms with E-state index < -0.39 is 0 Å². The fourth-order valence-corrected chi connectivity index (χ4v) is 5.39. The number of nitrogens with one attached hydrogen (secondary N) is 1. The molecular weight excluding hydrogens is 386 g/mol. The Morgan fingerprint density at radius 1 is 1.48 bits per heavy atom. The molecule has 4 heterocycles. The minimum Gasteiger partial charge on any atom is -0.387 e. The lowest BCUT2D eigenvalue weighted by molar-refractivity contribution is -0.180. The topological polar surface area (TPSA) is 83.2 Å². The van der Waals surface area contributed by atoms with E-state index in [4.69, 9.17) is 10.6 Å². The van der Waals surface area contributed by atoms with Crippen LogP contribution in [0.3, 0.4) is 0 Å². The summed E-state index contributed by atoms with van der Waals surface area (Å²) in [6, 6.07) is 2.86. The Bertz CT molecular complexity index is 812. The minimum absolute atomic E-state index is 0.116. The number of aliphatic imine (C=N–C) groups is 1. The third kappa shape index (κ3) is 4.55. The first-order valence-electron chi connectivity index (χ1n) is 10.6. The number of hydrogen-bond acceptors (Lipinski definition) is 7. The number of hydrogen-bond donors (Lipinski definition) is 2. The Kier molecular flexibility index (Phi) is 6.34. The maximum Gasteiger partial charge on any atom is 0.273 e. The summed E-state index contributed by atoms with van der Waals surface area (Å²) >= 11 is 1.72. The molecule has 158 valence electrons. The highest BCUT2D eigenvalue weighted by atomic mass is 32.1. The van der Waals surface area contributed by atoms with Gasteiger partial charge < -0.3 is 11.1 Å². The van der Waals surface area contributed by atoms with Crippen molar-refractivity contribution in [3.63, 3.8) is 0 Å². The van der Waals surface area contributed by atoms with E-state index in [0.29, 0.717) is 31.0 Å². The van der Waals surface area contributed by atoms with Crippen molar-refractivity contribution in [1.82, 2.24) is 15.3 Å². The Labute approximate surface area is 176 Å². The monoisotopic (exact) mass is 417 g/mol. The number of likely N-dealkylation sites (tertiary alicyclic amines) is 1. The predicted octanol–water partition coefficient (Wildman–Crippen LogP) is 2.51. The molecule has 0 spiro atoms. The van der Waals surface area contributed by atoms with Gasteiger partial charge in [-0.3, -0.25) is 14.5 Å². The highest BCUT2D eigenvalue weighted by Crippen LogP contribution is 2.36. The number of piperidine rings is 1. The van der Waals surface area contributed by atoms with E-state index in [9.17, 15) is 4.79 Å². The van der Waals surface area contributed by atoms with Crippen LogP contribution in [-0.4, -0.2) is 60.5 Å². The van der Waals surface area contributed by atoms with E-state index >= 15 is 0 Å². The van der Waals surface area contributed by atoms with Gasteiger partial charge in [-0.15, -0.1) is 11.3 Å². The Morgan fingerprint density at radius 3 is 3.03 bits per heavy atom. The van der Waals surface area contributed by atoms with Crippen LogP contribution in [0.5, 0.6) is 0 Å². The molecule has 7 nitrogen and oxygen atoms in total. The molecule has 0 aromatic carbocycles. The van der Waals surface area contributed by atoms with E-state index in [-0.39, 0.29) is 5.91 Å². The van der Waals surface area contributed by atoms with E-state index in [1.54, 1.807) is 11.3 Å². The largest absolute Gasteiger partial charge is 0.387 e. The summed E-state index contributed by atoms with van der Waals surface area (Å²) in [7, 11) is 0. The first-order valence-corrected chi connectivity index (χ1v) is 11.5. The molecule has 1 amide bonds. The number of amides is 1. The molecule has 2 atom stereocenters. The molecule has 3 aliphatic rings. The van der Waals surface area contributed by atoms with Gasteiger partial charge in [0.1, 0.15) is 5.84 Å².